The van der Waals surface area contributed by atoms with Crippen molar-refractivity contribution < 1.29 is 9.59 Å². The van der Waals surface area contributed by atoms with Crippen molar-refractivity contribution in [3.05, 3.63) is 59.7 Å². The molecule has 2 aromatic rings. The molecule has 0 unspecified atom stereocenters. The highest BCUT2D eigenvalue weighted by molar-refractivity contribution is 6.04. The molecule has 0 radical (unpaired) electrons. The number of nitrogens with one attached hydrogen (secondary N) is 1. The van der Waals surface area contributed by atoms with Crippen molar-refractivity contribution in [2.75, 3.05) is 24.1 Å². The molecule has 0 bridgehead atoms. The monoisotopic (exact) mass is 351 g/mol. The fraction of sp³-hybridized carbons (Fsp3) is 0.333. The van der Waals surface area contributed by atoms with Crippen LogP contribution in [-0.2, 0) is 11.2 Å². The maximum absolute atomic E-state index is 12.9. The van der Waals surface area contributed by atoms with Gasteiger partial charge >= 0.3 is 0 Å². The summed E-state index contributed by atoms with van der Waals surface area (Å²) in [6, 6.07) is 14.5. The van der Waals surface area contributed by atoms with E-state index in [2.05, 4.69) is 5.32 Å². The predicted octanol–water partition coefficient (Wildman–Crippen LogP) is 3.47. The first-order chi connectivity index (χ1) is 12.6. The second-order valence-corrected chi connectivity index (χ2v) is 6.72. The highest BCUT2D eigenvalue weighted by Crippen LogP contribution is 2.20. The first-order valence-corrected chi connectivity index (χ1v) is 9.16. The molecule has 0 aliphatic carbocycles. The molecule has 3 N–H and O–H groups in total. The Labute approximate surface area is 154 Å². The van der Waals surface area contributed by atoms with E-state index >= 15 is 0 Å². The van der Waals surface area contributed by atoms with Crippen LogP contribution in [-0.4, -0.2) is 29.8 Å². The molecule has 1 fully saturated rings. The van der Waals surface area contributed by atoms with Gasteiger partial charge in [0.1, 0.15) is 0 Å². The van der Waals surface area contributed by atoms with Crippen LogP contribution in [0.4, 0.5) is 11.4 Å². The quantitative estimate of drug-likeness (QED) is 0.828. The Morgan fingerprint density at radius 2 is 1.58 bits per heavy atom. The minimum atomic E-state index is -0.147. The van der Waals surface area contributed by atoms with Crippen LogP contribution in [0.25, 0.3) is 0 Å². The summed E-state index contributed by atoms with van der Waals surface area (Å²) in [5, 5.41) is 2.89. The molecule has 5 nitrogen and oxygen atoms in total. The number of hydrogen-bond acceptors (Lipinski definition) is 3. The van der Waals surface area contributed by atoms with Gasteiger partial charge in [-0.3, -0.25) is 9.59 Å². The summed E-state index contributed by atoms with van der Waals surface area (Å²) in [7, 11) is 0. The fourth-order valence-corrected chi connectivity index (χ4v) is 3.24. The van der Waals surface area contributed by atoms with Gasteiger partial charge in [0, 0.05) is 18.8 Å². The van der Waals surface area contributed by atoms with Crippen molar-refractivity contribution in [2.24, 2.45) is 0 Å². The van der Waals surface area contributed by atoms with Gasteiger partial charge < -0.3 is 16.0 Å². The highest BCUT2D eigenvalue weighted by Gasteiger charge is 2.20. The van der Waals surface area contributed by atoms with E-state index in [1.165, 1.54) is 12.8 Å². The number of benzene rings is 2. The molecule has 5 heteroatoms. The highest BCUT2D eigenvalue weighted by atomic mass is 16.2. The largest absolute Gasteiger partial charge is 0.399 e. The second kappa shape index (κ2) is 8.52. The number of carbonyl (C=O) groups excluding carboxylic acids is 2. The minimum absolute atomic E-state index is 0.00437. The van der Waals surface area contributed by atoms with E-state index in [1.54, 1.807) is 24.3 Å². The zero-order valence-corrected chi connectivity index (χ0v) is 14.9. The van der Waals surface area contributed by atoms with Gasteiger partial charge in [0.2, 0.25) is 5.91 Å². The number of hydrogen-bond donors (Lipinski definition) is 2. The van der Waals surface area contributed by atoms with Gasteiger partial charge in [0.25, 0.3) is 5.91 Å². The molecule has 1 saturated heterocycles. The van der Waals surface area contributed by atoms with Crippen LogP contribution in [0.3, 0.4) is 0 Å². The van der Waals surface area contributed by atoms with Crippen LogP contribution in [0.15, 0.2) is 48.5 Å². The molecule has 2 aromatic carbocycles. The van der Waals surface area contributed by atoms with Gasteiger partial charge in [0.15, 0.2) is 0 Å². The lowest BCUT2D eigenvalue weighted by molar-refractivity contribution is -0.115. The standard InChI is InChI=1S/C21H25N3O2/c22-17-11-9-16(10-12-17)15-20(25)23-19-8-4-3-7-18(19)21(26)24-13-5-1-2-6-14-24/h3-4,7-12H,1-2,5-6,13-15,22H2,(H,23,25). The molecule has 0 saturated carbocycles. The Balaban J connectivity index is 1.70. The third-order valence-electron chi connectivity index (χ3n) is 4.67. The van der Waals surface area contributed by atoms with E-state index in [0.29, 0.717) is 16.9 Å². The van der Waals surface area contributed by atoms with Crippen molar-refractivity contribution >= 4 is 23.2 Å². The van der Waals surface area contributed by atoms with Gasteiger partial charge in [-0.2, -0.15) is 0 Å². The van der Waals surface area contributed by atoms with Crippen LogP contribution in [0, 0.1) is 0 Å². The average molecular weight is 351 g/mol. The lowest BCUT2D eigenvalue weighted by Gasteiger charge is -2.22. The number of anilines is 2. The van der Waals surface area contributed by atoms with E-state index in [4.69, 9.17) is 5.73 Å². The van der Waals surface area contributed by atoms with E-state index in [-0.39, 0.29) is 18.2 Å². The van der Waals surface area contributed by atoms with Crippen molar-refractivity contribution in [1.82, 2.24) is 4.90 Å². The number of amides is 2. The number of likely N-dealkylation sites (tertiary alicyclic amines) is 1. The van der Waals surface area contributed by atoms with Gasteiger partial charge in [-0.05, 0) is 42.7 Å². The number of nitrogens with two attached hydrogens (primary N) is 1. The fourth-order valence-electron chi connectivity index (χ4n) is 3.24. The summed E-state index contributed by atoms with van der Waals surface area (Å²) in [4.78, 5) is 27.2. The first-order valence-electron chi connectivity index (χ1n) is 9.16. The molecule has 26 heavy (non-hydrogen) atoms. The number of carbonyl (C=O) groups is 2. The molecule has 3 rings (SSSR count). The van der Waals surface area contributed by atoms with Crippen molar-refractivity contribution in [2.45, 2.75) is 32.1 Å². The van der Waals surface area contributed by atoms with Gasteiger partial charge in [0.05, 0.1) is 17.7 Å². The van der Waals surface area contributed by atoms with E-state index in [9.17, 15) is 9.59 Å². The molecule has 2 amide bonds. The summed E-state index contributed by atoms with van der Waals surface area (Å²) in [5.41, 5.74) is 8.35. The molecule has 0 aromatic heterocycles. The summed E-state index contributed by atoms with van der Waals surface area (Å²) in [5.74, 6) is -0.152. The van der Waals surface area contributed by atoms with Crippen LogP contribution in [0.1, 0.15) is 41.6 Å². The third kappa shape index (κ3) is 4.63. The first kappa shape index (κ1) is 18.0. The van der Waals surface area contributed by atoms with Crippen LogP contribution in [0.5, 0.6) is 0 Å². The lowest BCUT2D eigenvalue weighted by atomic mass is 10.1. The zero-order chi connectivity index (χ0) is 18.4. The van der Waals surface area contributed by atoms with E-state index in [1.807, 2.05) is 29.2 Å². The molecule has 0 atom stereocenters. The summed E-state index contributed by atoms with van der Waals surface area (Å²) >= 11 is 0. The molecule has 0 spiro atoms. The third-order valence-corrected chi connectivity index (χ3v) is 4.67. The Morgan fingerprint density at radius 1 is 0.923 bits per heavy atom. The maximum Gasteiger partial charge on any atom is 0.255 e. The topological polar surface area (TPSA) is 75.4 Å². The number of nitrogen functional groups attached to an aromatic ring is 1. The van der Waals surface area contributed by atoms with Crippen LogP contribution in [0.2, 0.25) is 0 Å². The Hall–Kier alpha value is -2.82. The van der Waals surface area contributed by atoms with Gasteiger partial charge in [-0.25, -0.2) is 0 Å². The van der Waals surface area contributed by atoms with Crippen molar-refractivity contribution in [3.63, 3.8) is 0 Å². The number of nitrogens with zero attached hydrogens (tertiary/aromatic N) is 1. The average Bonchev–Trinajstić information content (AvgIpc) is 2.93. The van der Waals surface area contributed by atoms with Crippen LogP contribution >= 0.6 is 0 Å². The number of para-hydroxylation sites is 1. The smallest absolute Gasteiger partial charge is 0.255 e. The summed E-state index contributed by atoms with van der Waals surface area (Å²) in [6.45, 7) is 1.57. The van der Waals surface area contributed by atoms with E-state index in [0.717, 1.165) is 31.5 Å². The van der Waals surface area contributed by atoms with Gasteiger partial charge in [-0.1, -0.05) is 37.1 Å². The SMILES string of the molecule is Nc1ccc(CC(=O)Nc2ccccc2C(=O)N2CCCCCC2)cc1. The molecule has 1 heterocycles. The zero-order valence-electron chi connectivity index (χ0n) is 14.9. The molecule has 1 aliphatic rings. The lowest BCUT2D eigenvalue weighted by Crippen LogP contribution is -2.32. The van der Waals surface area contributed by atoms with Crippen molar-refractivity contribution in [3.8, 4) is 0 Å². The van der Waals surface area contributed by atoms with Gasteiger partial charge in [-0.15, -0.1) is 0 Å². The van der Waals surface area contributed by atoms with E-state index < -0.39 is 0 Å². The van der Waals surface area contributed by atoms with Crippen molar-refractivity contribution in [1.29, 1.82) is 0 Å². The molecule has 136 valence electrons. The number of rotatable bonds is 4. The second-order valence-electron chi connectivity index (χ2n) is 6.72. The summed E-state index contributed by atoms with van der Waals surface area (Å²) < 4.78 is 0. The predicted molar refractivity (Wildman–Crippen MR) is 104 cm³/mol. The Kier molecular flexibility index (Phi) is 5.89. The molecular weight excluding hydrogens is 326 g/mol. The normalized spacial score (nSPS) is 14.5. The minimum Gasteiger partial charge on any atom is -0.399 e. The Bertz CT molecular complexity index is 763. The maximum atomic E-state index is 12.9. The Morgan fingerprint density at radius 3 is 2.27 bits per heavy atom. The molecular formula is C21H25N3O2. The molecule has 1 aliphatic heterocycles. The van der Waals surface area contributed by atoms with Crippen LogP contribution < -0.4 is 11.1 Å². The summed E-state index contributed by atoms with van der Waals surface area (Å²) in [6.07, 6.45) is 4.66.